The van der Waals surface area contributed by atoms with Crippen molar-refractivity contribution in [1.82, 2.24) is 4.90 Å². The number of carbonyl (C=O) groups is 1. The van der Waals surface area contributed by atoms with Crippen molar-refractivity contribution in [2.24, 2.45) is 0 Å². The van der Waals surface area contributed by atoms with Crippen LogP contribution in [0.3, 0.4) is 0 Å². The van der Waals surface area contributed by atoms with Gasteiger partial charge in [-0.1, -0.05) is 18.2 Å². The average Bonchev–Trinajstić information content (AvgIpc) is 3.29. The highest BCUT2D eigenvalue weighted by Crippen LogP contribution is 2.18. The molecule has 2 fully saturated rings. The summed E-state index contributed by atoms with van der Waals surface area (Å²) in [6, 6.07) is 9.79. The number of ether oxygens (including phenoxy) is 2. The van der Waals surface area contributed by atoms with E-state index in [-0.39, 0.29) is 18.1 Å². The maximum atomic E-state index is 12.7. The van der Waals surface area contributed by atoms with Gasteiger partial charge in [-0.25, -0.2) is 0 Å². The van der Waals surface area contributed by atoms with Gasteiger partial charge in [0, 0.05) is 39.0 Å². The Morgan fingerprint density at radius 3 is 2.12 bits per heavy atom. The normalized spacial score (nSPS) is 23.8. The fraction of sp³-hybridized carbons (Fsp3) is 0.632. The number of likely N-dealkylation sites (N-methyl/N-ethyl adjacent to an activating group) is 1. The van der Waals surface area contributed by atoms with Gasteiger partial charge in [-0.15, -0.1) is 0 Å². The molecule has 2 saturated heterocycles. The topological polar surface area (TPSA) is 42.0 Å². The number of hydrogen-bond donors (Lipinski definition) is 0. The molecule has 2 heterocycles. The highest BCUT2D eigenvalue weighted by atomic mass is 16.5. The first-order valence-electron chi connectivity index (χ1n) is 8.99. The van der Waals surface area contributed by atoms with Crippen molar-refractivity contribution in [2.75, 3.05) is 44.8 Å². The zero-order valence-electron chi connectivity index (χ0n) is 14.5. The van der Waals surface area contributed by atoms with Crippen molar-refractivity contribution in [1.29, 1.82) is 0 Å². The SMILES string of the molecule is CN(C(=O)CN(C[C@H]1CCCO1)C[C@@H]1CCCO1)c1ccccc1. The van der Waals surface area contributed by atoms with Gasteiger partial charge in [0.15, 0.2) is 0 Å². The lowest BCUT2D eigenvalue weighted by Crippen LogP contribution is -2.44. The molecule has 2 atom stereocenters. The Balaban J connectivity index is 1.59. The van der Waals surface area contributed by atoms with E-state index in [0.717, 1.165) is 57.7 Å². The van der Waals surface area contributed by atoms with Gasteiger partial charge in [0.2, 0.25) is 5.91 Å². The van der Waals surface area contributed by atoms with Crippen LogP contribution >= 0.6 is 0 Å². The van der Waals surface area contributed by atoms with Crippen LogP contribution in [0.5, 0.6) is 0 Å². The maximum absolute atomic E-state index is 12.7. The van der Waals surface area contributed by atoms with E-state index in [4.69, 9.17) is 9.47 Å². The van der Waals surface area contributed by atoms with Crippen LogP contribution in [-0.4, -0.2) is 62.9 Å². The van der Waals surface area contributed by atoms with Crippen molar-refractivity contribution in [3.8, 4) is 0 Å². The molecule has 0 spiro atoms. The standard InChI is InChI=1S/C19H28N2O3/c1-20(16-7-3-2-4-8-16)19(22)15-21(13-17-9-5-11-23-17)14-18-10-6-12-24-18/h2-4,7-8,17-18H,5-6,9-15H2,1H3/t17-,18+. The molecule has 1 amide bonds. The number of rotatable bonds is 7. The smallest absolute Gasteiger partial charge is 0.240 e. The lowest BCUT2D eigenvalue weighted by atomic mass is 10.2. The minimum atomic E-state index is 0.109. The molecule has 0 bridgehead atoms. The van der Waals surface area contributed by atoms with E-state index >= 15 is 0 Å². The predicted octanol–water partition coefficient (Wildman–Crippen LogP) is 2.31. The van der Waals surface area contributed by atoms with Gasteiger partial charge in [0.05, 0.1) is 18.8 Å². The van der Waals surface area contributed by atoms with Crippen LogP contribution in [0.4, 0.5) is 5.69 Å². The second-order valence-corrected chi connectivity index (χ2v) is 6.75. The van der Waals surface area contributed by atoms with Crippen molar-refractivity contribution in [3.05, 3.63) is 30.3 Å². The van der Waals surface area contributed by atoms with Crippen LogP contribution in [0.2, 0.25) is 0 Å². The summed E-state index contributed by atoms with van der Waals surface area (Å²) in [5.41, 5.74) is 0.927. The van der Waals surface area contributed by atoms with Gasteiger partial charge in [-0.3, -0.25) is 9.69 Å². The van der Waals surface area contributed by atoms with E-state index in [1.165, 1.54) is 0 Å². The van der Waals surface area contributed by atoms with Gasteiger partial charge in [-0.2, -0.15) is 0 Å². The number of carbonyl (C=O) groups excluding carboxylic acids is 1. The second kappa shape index (κ2) is 8.60. The zero-order chi connectivity index (χ0) is 16.8. The van der Waals surface area contributed by atoms with Gasteiger partial charge >= 0.3 is 0 Å². The van der Waals surface area contributed by atoms with Crippen molar-refractivity contribution < 1.29 is 14.3 Å². The van der Waals surface area contributed by atoms with Crippen LogP contribution in [-0.2, 0) is 14.3 Å². The molecule has 0 saturated carbocycles. The molecule has 0 unspecified atom stereocenters. The molecule has 24 heavy (non-hydrogen) atoms. The highest BCUT2D eigenvalue weighted by molar-refractivity contribution is 5.94. The number of para-hydroxylation sites is 1. The third kappa shape index (κ3) is 4.79. The lowest BCUT2D eigenvalue weighted by Gasteiger charge is -2.29. The molecule has 5 heteroatoms. The minimum absolute atomic E-state index is 0.109. The Bertz CT molecular complexity index is 493. The van der Waals surface area contributed by atoms with Crippen molar-refractivity contribution in [2.45, 2.75) is 37.9 Å². The van der Waals surface area contributed by atoms with Crippen LogP contribution in [0, 0.1) is 0 Å². The summed E-state index contributed by atoms with van der Waals surface area (Å²) in [5, 5.41) is 0. The van der Waals surface area contributed by atoms with Crippen LogP contribution in [0.25, 0.3) is 0 Å². The third-order valence-electron chi connectivity index (χ3n) is 4.85. The molecule has 0 radical (unpaired) electrons. The quantitative estimate of drug-likeness (QED) is 0.768. The second-order valence-electron chi connectivity index (χ2n) is 6.75. The van der Waals surface area contributed by atoms with Gasteiger partial charge in [0.1, 0.15) is 0 Å². The molecule has 1 aromatic carbocycles. The summed E-state index contributed by atoms with van der Waals surface area (Å²) in [4.78, 5) is 16.7. The molecular weight excluding hydrogens is 304 g/mol. The van der Waals surface area contributed by atoms with E-state index in [2.05, 4.69) is 4.90 Å². The third-order valence-corrected chi connectivity index (χ3v) is 4.85. The average molecular weight is 332 g/mol. The Hall–Kier alpha value is -1.43. The molecule has 0 aromatic heterocycles. The van der Waals surface area contributed by atoms with Crippen molar-refractivity contribution >= 4 is 11.6 Å². The predicted molar refractivity (Wildman–Crippen MR) is 94.2 cm³/mol. The van der Waals surface area contributed by atoms with E-state index in [9.17, 15) is 4.79 Å². The molecule has 0 N–H and O–H groups in total. The number of hydrogen-bond acceptors (Lipinski definition) is 4. The van der Waals surface area contributed by atoms with E-state index in [1.54, 1.807) is 4.90 Å². The first-order chi connectivity index (χ1) is 11.7. The molecule has 2 aliphatic rings. The fourth-order valence-corrected chi connectivity index (χ4v) is 3.45. The minimum Gasteiger partial charge on any atom is -0.377 e. The summed E-state index contributed by atoms with van der Waals surface area (Å²) in [7, 11) is 1.84. The molecule has 0 aliphatic carbocycles. The summed E-state index contributed by atoms with van der Waals surface area (Å²) >= 11 is 0. The molecular formula is C19H28N2O3. The highest BCUT2D eigenvalue weighted by Gasteiger charge is 2.26. The molecule has 132 valence electrons. The summed E-state index contributed by atoms with van der Waals surface area (Å²) in [5.74, 6) is 0.109. The van der Waals surface area contributed by atoms with E-state index in [0.29, 0.717) is 6.54 Å². The first-order valence-corrected chi connectivity index (χ1v) is 8.99. The van der Waals surface area contributed by atoms with Crippen LogP contribution in [0.1, 0.15) is 25.7 Å². The Labute approximate surface area is 144 Å². The Morgan fingerprint density at radius 1 is 1.04 bits per heavy atom. The molecule has 2 aliphatic heterocycles. The summed E-state index contributed by atoms with van der Waals surface area (Å²) in [6.07, 6.45) is 4.92. The largest absolute Gasteiger partial charge is 0.377 e. The Morgan fingerprint density at radius 2 is 1.62 bits per heavy atom. The summed E-state index contributed by atoms with van der Waals surface area (Å²) in [6.45, 7) is 3.72. The monoisotopic (exact) mass is 332 g/mol. The van der Waals surface area contributed by atoms with Gasteiger partial charge in [-0.05, 0) is 37.8 Å². The summed E-state index contributed by atoms with van der Waals surface area (Å²) < 4.78 is 11.5. The number of amides is 1. The number of nitrogens with zero attached hydrogens (tertiary/aromatic N) is 2. The fourth-order valence-electron chi connectivity index (χ4n) is 3.45. The first kappa shape index (κ1) is 17.4. The number of anilines is 1. The van der Waals surface area contributed by atoms with Crippen molar-refractivity contribution in [3.63, 3.8) is 0 Å². The molecule has 1 aromatic rings. The van der Waals surface area contributed by atoms with Crippen LogP contribution < -0.4 is 4.90 Å². The molecule has 3 rings (SSSR count). The Kier molecular flexibility index (Phi) is 6.24. The van der Waals surface area contributed by atoms with E-state index < -0.39 is 0 Å². The maximum Gasteiger partial charge on any atom is 0.240 e. The van der Waals surface area contributed by atoms with Crippen LogP contribution in [0.15, 0.2) is 30.3 Å². The van der Waals surface area contributed by atoms with Gasteiger partial charge in [0.25, 0.3) is 0 Å². The zero-order valence-corrected chi connectivity index (χ0v) is 14.5. The van der Waals surface area contributed by atoms with Gasteiger partial charge < -0.3 is 14.4 Å². The molecule has 5 nitrogen and oxygen atoms in total. The number of benzene rings is 1. The van der Waals surface area contributed by atoms with E-state index in [1.807, 2.05) is 37.4 Å². The lowest BCUT2D eigenvalue weighted by molar-refractivity contribution is -0.120.